The SMILES string of the molecule is CSc1nc2c(cc1C(N)=NO)CCC2. The van der Waals surface area contributed by atoms with E-state index in [9.17, 15) is 0 Å². The van der Waals surface area contributed by atoms with Crippen LogP contribution < -0.4 is 5.73 Å². The van der Waals surface area contributed by atoms with E-state index in [1.165, 1.54) is 17.3 Å². The molecule has 0 fully saturated rings. The van der Waals surface area contributed by atoms with Crippen molar-refractivity contribution in [2.24, 2.45) is 10.9 Å². The van der Waals surface area contributed by atoms with E-state index in [0.717, 1.165) is 35.5 Å². The third-order valence-corrected chi connectivity index (χ3v) is 3.29. The van der Waals surface area contributed by atoms with Crippen LogP contribution in [0.2, 0.25) is 0 Å². The zero-order valence-electron chi connectivity index (χ0n) is 8.53. The third kappa shape index (κ3) is 1.79. The van der Waals surface area contributed by atoms with Crippen molar-refractivity contribution in [3.05, 3.63) is 22.9 Å². The summed E-state index contributed by atoms with van der Waals surface area (Å²) in [6.07, 6.45) is 5.18. The standard InChI is InChI=1S/C10H13N3OS/c1-15-10-7(9(11)13-14)5-6-3-2-4-8(6)12-10/h5,14H,2-4H2,1H3,(H2,11,13). The molecular formula is C10H13N3OS. The molecule has 15 heavy (non-hydrogen) atoms. The quantitative estimate of drug-likeness (QED) is 0.261. The van der Waals surface area contributed by atoms with E-state index in [-0.39, 0.29) is 5.84 Å². The number of hydrogen-bond donors (Lipinski definition) is 2. The van der Waals surface area contributed by atoms with Crippen molar-refractivity contribution in [3.63, 3.8) is 0 Å². The Balaban J connectivity index is 2.53. The highest BCUT2D eigenvalue weighted by atomic mass is 32.2. The Morgan fingerprint density at radius 2 is 2.40 bits per heavy atom. The van der Waals surface area contributed by atoms with Crippen LogP contribution >= 0.6 is 11.8 Å². The van der Waals surface area contributed by atoms with Crippen LogP contribution in [0.4, 0.5) is 0 Å². The van der Waals surface area contributed by atoms with Crippen LogP contribution in [0.15, 0.2) is 16.2 Å². The maximum absolute atomic E-state index is 8.68. The Morgan fingerprint density at radius 1 is 1.60 bits per heavy atom. The van der Waals surface area contributed by atoms with Gasteiger partial charge in [-0.25, -0.2) is 4.98 Å². The van der Waals surface area contributed by atoms with Crippen molar-refractivity contribution in [1.29, 1.82) is 0 Å². The average Bonchev–Trinajstić information content (AvgIpc) is 2.73. The molecule has 3 N–H and O–H groups in total. The average molecular weight is 223 g/mol. The molecule has 1 aromatic rings. The van der Waals surface area contributed by atoms with E-state index in [1.54, 1.807) is 0 Å². The molecule has 1 aliphatic carbocycles. The summed E-state index contributed by atoms with van der Waals surface area (Å²) >= 11 is 1.52. The van der Waals surface area contributed by atoms with Gasteiger partial charge in [0.2, 0.25) is 0 Å². The first kappa shape index (κ1) is 10.3. The number of aryl methyl sites for hydroxylation is 2. The zero-order chi connectivity index (χ0) is 10.8. The molecule has 0 radical (unpaired) electrons. The Kier molecular flexibility index (Phi) is 2.81. The highest BCUT2D eigenvalue weighted by Crippen LogP contribution is 2.26. The molecule has 0 bridgehead atoms. The van der Waals surface area contributed by atoms with E-state index in [4.69, 9.17) is 10.9 Å². The molecule has 0 unspecified atom stereocenters. The van der Waals surface area contributed by atoms with E-state index in [2.05, 4.69) is 10.1 Å². The number of nitrogens with two attached hydrogens (primary N) is 1. The second-order valence-corrected chi connectivity index (χ2v) is 4.28. The summed E-state index contributed by atoms with van der Waals surface area (Å²) in [6.45, 7) is 0. The number of hydrogen-bond acceptors (Lipinski definition) is 4. The van der Waals surface area contributed by atoms with Gasteiger partial charge in [-0.15, -0.1) is 11.8 Å². The number of amidine groups is 1. The van der Waals surface area contributed by atoms with Crippen molar-refractivity contribution in [1.82, 2.24) is 4.98 Å². The van der Waals surface area contributed by atoms with Crippen LogP contribution in [0, 0.1) is 0 Å². The van der Waals surface area contributed by atoms with Gasteiger partial charge >= 0.3 is 0 Å². The number of thioether (sulfide) groups is 1. The summed E-state index contributed by atoms with van der Waals surface area (Å²) < 4.78 is 0. The van der Waals surface area contributed by atoms with Gasteiger partial charge in [0.05, 0.1) is 5.56 Å². The van der Waals surface area contributed by atoms with Gasteiger partial charge in [-0.2, -0.15) is 0 Å². The lowest BCUT2D eigenvalue weighted by Crippen LogP contribution is -2.15. The van der Waals surface area contributed by atoms with Gasteiger partial charge in [-0.1, -0.05) is 5.16 Å². The summed E-state index contributed by atoms with van der Waals surface area (Å²) in [5, 5.41) is 12.6. The molecule has 0 atom stereocenters. The minimum Gasteiger partial charge on any atom is -0.409 e. The largest absolute Gasteiger partial charge is 0.409 e. The molecule has 0 aromatic carbocycles. The lowest BCUT2D eigenvalue weighted by Gasteiger charge is -2.08. The van der Waals surface area contributed by atoms with Crippen molar-refractivity contribution in [2.75, 3.05) is 6.26 Å². The number of fused-ring (bicyclic) bond motifs is 1. The number of pyridine rings is 1. The van der Waals surface area contributed by atoms with Gasteiger partial charge in [-0.05, 0) is 37.1 Å². The molecular weight excluding hydrogens is 210 g/mol. The van der Waals surface area contributed by atoms with Crippen molar-refractivity contribution < 1.29 is 5.21 Å². The first-order chi connectivity index (χ1) is 7.26. The van der Waals surface area contributed by atoms with Crippen LogP contribution in [0.5, 0.6) is 0 Å². The first-order valence-corrected chi connectivity index (χ1v) is 6.03. The Bertz CT molecular complexity index is 417. The molecule has 5 heteroatoms. The van der Waals surface area contributed by atoms with Gasteiger partial charge in [0.25, 0.3) is 0 Å². The first-order valence-electron chi connectivity index (χ1n) is 4.81. The summed E-state index contributed by atoms with van der Waals surface area (Å²) in [4.78, 5) is 4.53. The van der Waals surface area contributed by atoms with Crippen molar-refractivity contribution in [2.45, 2.75) is 24.3 Å². The molecule has 4 nitrogen and oxygen atoms in total. The monoisotopic (exact) mass is 223 g/mol. The third-order valence-electron chi connectivity index (χ3n) is 2.59. The van der Waals surface area contributed by atoms with Crippen molar-refractivity contribution in [3.8, 4) is 0 Å². The van der Waals surface area contributed by atoms with Gasteiger partial charge in [0, 0.05) is 5.69 Å². The molecule has 1 aromatic heterocycles. The number of nitrogens with zero attached hydrogens (tertiary/aromatic N) is 2. The fourth-order valence-corrected chi connectivity index (χ4v) is 2.43. The van der Waals surface area contributed by atoms with Gasteiger partial charge in [0.15, 0.2) is 5.84 Å². The number of rotatable bonds is 2. The maximum atomic E-state index is 8.68. The minimum absolute atomic E-state index is 0.140. The summed E-state index contributed by atoms with van der Waals surface area (Å²) in [5.41, 5.74) is 8.74. The molecule has 0 spiro atoms. The fourth-order valence-electron chi connectivity index (χ4n) is 1.85. The highest BCUT2D eigenvalue weighted by molar-refractivity contribution is 7.98. The highest BCUT2D eigenvalue weighted by Gasteiger charge is 2.17. The lowest BCUT2D eigenvalue weighted by molar-refractivity contribution is 0.318. The van der Waals surface area contributed by atoms with Gasteiger partial charge < -0.3 is 10.9 Å². The van der Waals surface area contributed by atoms with Crippen LogP contribution in [-0.2, 0) is 12.8 Å². The number of aromatic nitrogens is 1. The Morgan fingerprint density at radius 3 is 3.07 bits per heavy atom. The van der Waals surface area contributed by atoms with Crippen molar-refractivity contribution >= 4 is 17.6 Å². The smallest absolute Gasteiger partial charge is 0.172 e. The van der Waals surface area contributed by atoms with E-state index < -0.39 is 0 Å². The second-order valence-electron chi connectivity index (χ2n) is 3.49. The predicted octanol–water partition coefficient (Wildman–Crippen LogP) is 1.39. The molecule has 2 rings (SSSR count). The molecule has 0 amide bonds. The summed E-state index contributed by atoms with van der Waals surface area (Å²) in [5.74, 6) is 0.140. The molecule has 1 aliphatic rings. The van der Waals surface area contributed by atoms with E-state index in [0.29, 0.717) is 0 Å². The lowest BCUT2D eigenvalue weighted by atomic mass is 10.1. The second kappa shape index (κ2) is 4.10. The summed E-state index contributed by atoms with van der Waals surface area (Å²) in [6, 6.07) is 2.00. The zero-order valence-corrected chi connectivity index (χ0v) is 9.34. The van der Waals surface area contributed by atoms with Crippen LogP contribution in [0.25, 0.3) is 0 Å². The predicted molar refractivity (Wildman–Crippen MR) is 60.6 cm³/mol. The van der Waals surface area contributed by atoms with Gasteiger partial charge in [-0.3, -0.25) is 0 Å². The minimum atomic E-state index is 0.140. The van der Waals surface area contributed by atoms with Gasteiger partial charge in [0.1, 0.15) is 5.03 Å². The molecule has 80 valence electrons. The van der Waals surface area contributed by atoms with Crippen LogP contribution in [0.1, 0.15) is 23.2 Å². The maximum Gasteiger partial charge on any atom is 0.172 e. The number of oxime groups is 1. The topological polar surface area (TPSA) is 71.5 Å². The molecule has 0 saturated carbocycles. The molecule has 0 aliphatic heterocycles. The fraction of sp³-hybridized carbons (Fsp3) is 0.400. The Labute approximate surface area is 92.6 Å². The molecule has 0 saturated heterocycles. The van der Waals surface area contributed by atoms with Crippen LogP contribution in [0.3, 0.4) is 0 Å². The Hall–Kier alpha value is -1.23. The van der Waals surface area contributed by atoms with Crippen LogP contribution in [-0.4, -0.2) is 22.3 Å². The molecule has 1 heterocycles. The normalized spacial score (nSPS) is 15.4. The van der Waals surface area contributed by atoms with E-state index in [1.807, 2.05) is 12.3 Å². The summed E-state index contributed by atoms with van der Waals surface area (Å²) in [7, 11) is 0. The van der Waals surface area contributed by atoms with E-state index >= 15 is 0 Å².